The number of furan rings is 1. The zero-order valence-corrected chi connectivity index (χ0v) is 3.64. The molecule has 0 aliphatic rings. The maximum absolute atomic E-state index is 4.71. The summed E-state index contributed by atoms with van der Waals surface area (Å²) >= 11 is 0. The van der Waals surface area contributed by atoms with Crippen LogP contribution in [-0.4, -0.2) is 0 Å². The summed E-state index contributed by atoms with van der Waals surface area (Å²) in [4.78, 5) is 0. The van der Waals surface area contributed by atoms with E-state index in [9.17, 15) is 0 Å². The summed E-state index contributed by atoms with van der Waals surface area (Å²) in [6.45, 7) is 1.99. The van der Waals surface area contributed by atoms with Crippen LogP contribution in [0.2, 0.25) is 0 Å². The van der Waals surface area contributed by atoms with E-state index in [-0.39, 0.29) is 1.43 Å². The van der Waals surface area contributed by atoms with Gasteiger partial charge >= 0.3 is 1.43 Å². The van der Waals surface area contributed by atoms with Gasteiger partial charge in [0.05, 0.1) is 12.5 Å². The summed E-state index contributed by atoms with van der Waals surface area (Å²) in [5, 5.41) is 0. The Morgan fingerprint density at radius 3 is 2.83 bits per heavy atom. The second-order valence-electron chi connectivity index (χ2n) is 1.30. The molecular formula is C5H7O+. The third-order valence-electron chi connectivity index (χ3n) is 0.663. The molecule has 1 heterocycles. The van der Waals surface area contributed by atoms with E-state index in [1.807, 2.05) is 13.0 Å². The molecule has 0 bridgehead atoms. The van der Waals surface area contributed by atoms with E-state index >= 15 is 0 Å². The Kier molecular flexibility index (Phi) is 0.675. The van der Waals surface area contributed by atoms with Crippen LogP contribution < -0.4 is 0 Å². The second-order valence-corrected chi connectivity index (χ2v) is 1.30. The predicted molar refractivity (Wildman–Crippen MR) is 24.6 cm³/mol. The lowest BCUT2D eigenvalue weighted by Gasteiger charge is -1.63. The summed E-state index contributed by atoms with van der Waals surface area (Å²) in [6, 6.07) is 1.92. The van der Waals surface area contributed by atoms with Crippen LogP contribution in [0.25, 0.3) is 0 Å². The van der Waals surface area contributed by atoms with Crippen LogP contribution in [-0.2, 0) is 0 Å². The molecule has 32 valence electrons. The van der Waals surface area contributed by atoms with Gasteiger partial charge in [-0.05, 0) is 18.6 Å². The molecule has 0 atom stereocenters. The van der Waals surface area contributed by atoms with Crippen molar-refractivity contribution in [1.82, 2.24) is 0 Å². The Hall–Kier alpha value is -0.720. The first-order valence-electron chi connectivity index (χ1n) is 1.88. The van der Waals surface area contributed by atoms with Crippen LogP contribution in [0.5, 0.6) is 0 Å². The highest BCUT2D eigenvalue weighted by Crippen LogP contribution is 1.93. The summed E-state index contributed by atoms with van der Waals surface area (Å²) in [6.07, 6.45) is 3.37. The largest absolute Gasteiger partial charge is 1.00 e. The highest BCUT2D eigenvalue weighted by molar-refractivity contribution is 5.00. The Morgan fingerprint density at radius 1 is 1.83 bits per heavy atom. The normalized spacial score (nSPS) is 8.83. The molecule has 0 fully saturated rings. The van der Waals surface area contributed by atoms with Gasteiger partial charge in [0.1, 0.15) is 0 Å². The minimum atomic E-state index is 0. The van der Waals surface area contributed by atoms with Crippen molar-refractivity contribution < 1.29 is 5.84 Å². The molecule has 1 aromatic heterocycles. The van der Waals surface area contributed by atoms with Gasteiger partial charge in [0, 0.05) is 0 Å². The smallest absolute Gasteiger partial charge is 0.472 e. The van der Waals surface area contributed by atoms with Gasteiger partial charge in [-0.15, -0.1) is 0 Å². The maximum atomic E-state index is 4.71. The number of hydrogen-bond donors (Lipinski definition) is 0. The lowest BCUT2D eigenvalue weighted by atomic mass is 10.4. The molecule has 0 amide bonds. The number of aryl methyl sites for hydroxylation is 1. The van der Waals surface area contributed by atoms with Gasteiger partial charge in [-0.1, -0.05) is 0 Å². The number of hydrogen-bond acceptors (Lipinski definition) is 1. The molecule has 0 aliphatic heterocycles. The summed E-state index contributed by atoms with van der Waals surface area (Å²) in [5.74, 6) is 0. The van der Waals surface area contributed by atoms with Gasteiger partial charge in [-0.25, -0.2) is 0 Å². The molecule has 1 rings (SSSR count). The third kappa shape index (κ3) is 0.432. The Morgan fingerprint density at radius 2 is 2.67 bits per heavy atom. The highest BCUT2D eigenvalue weighted by Gasteiger charge is 1.75. The van der Waals surface area contributed by atoms with E-state index in [2.05, 4.69) is 0 Å². The number of rotatable bonds is 0. The topological polar surface area (TPSA) is 13.1 Å². The summed E-state index contributed by atoms with van der Waals surface area (Å²) < 4.78 is 4.71. The molecule has 6 heavy (non-hydrogen) atoms. The molecule has 0 aliphatic carbocycles. The molecular weight excluding hydrogens is 76.1 g/mol. The molecule has 0 N–H and O–H groups in total. The molecule has 0 spiro atoms. The fourth-order valence-corrected chi connectivity index (χ4v) is 0.333. The van der Waals surface area contributed by atoms with E-state index in [1.165, 1.54) is 5.56 Å². The van der Waals surface area contributed by atoms with E-state index in [0.717, 1.165) is 0 Å². The fourth-order valence-electron chi connectivity index (χ4n) is 0.333. The molecule has 0 aromatic carbocycles. The van der Waals surface area contributed by atoms with Gasteiger partial charge < -0.3 is 4.42 Å². The van der Waals surface area contributed by atoms with Gasteiger partial charge in [0.2, 0.25) is 0 Å². The van der Waals surface area contributed by atoms with Gasteiger partial charge in [0.15, 0.2) is 0 Å². The average molecular weight is 83.1 g/mol. The molecule has 0 saturated heterocycles. The van der Waals surface area contributed by atoms with Crippen molar-refractivity contribution in [2.75, 3.05) is 0 Å². The van der Waals surface area contributed by atoms with Crippen LogP contribution in [0.1, 0.15) is 6.99 Å². The Labute approximate surface area is 38.1 Å². The van der Waals surface area contributed by atoms with Crippen molar-refractivity contribution in [3.63, 3.8) is 0 Å². The molecule has 1 nitrogen and oxygen atoms in total. The lowest BCUT2D eigenvalue weighted by molar-refractivity contribution is 0.565. The molecule has 0 radical (unpaired) electrons. The van der Waals surface area contributed by atoms with Crippen LogP contribution in [0, 0.1) is 6.92 Å². The van der Waals surface area contributed by atoms with Crippen molar-refractivity contribution in [2.45, 2.75) is 6.92 Å². The molecule has 0 unspecified atom stereocenters. The van der Waals surface area contributed by atoms with E-state index in [4.69, 9.17) is 4.42 Å². The zero-order valence-electron chi connectivity index (χ0n) is 4.64. The van der Waals surface area contributed by atoms with Crippen molar-refractivity contribution in [3.05, 3.63) is 24.2 Å². The zero-order chi connectivity index (χ0) is 4.41. The van der Waals surface area contributed by atoms with E-state index in [0.29, 0.717) is 0 Å². The standard InChI is InChI=1S/C5H6O/c1-5-2-3-6-4-5/h2-4H,1H3/p+1. The van der Waals surface area contributed by atoms with Gasteiger partial charge in [-0.2, -0.15) is 0 Å². The van der Waals surface area contributed by atoms with Crippen molar-refractivity contribution in [2.24, 2.45) is 0 Å². The van der Waals surface area contributed by atoms with Crippen LogP contribution in [0.3, 0.4) is 0 Å². The van der Waals surface area contributed by atoms with Crippen LogP contribution >= 0.6 is 0 Å². The first-order valence-corrected chi connectivity index (χ1v) is 1.88. The first-order chi connectivity index (χ1) is 2.89. The second kappa shape index (κ2) is 1.17. The molecule has 1 aromatic rings. The quantitative estimate of drug-likeness (QED) is 0.465. The minimum absolute atomic E-state index is 0. The first kappa shape index (κ1) is 3.47. The lowest BCUT2D eigenvalue weighted by Crippen LogP contribution is -1.48. The average Bonchev–Trinajstić information content (AvgIpc) is 1.86. The van der Waals surface area contributed by atoms with Crippen LogP contribution in [0.15, 0.2) is 23.0 Å². The summed E-state index contributed by atoms with van der Waals surface area (Å²) in [5.41, 5.74) is 1.18. The Bertz CT molecular complexity index is 112. The highest BCUT2D eigenvalue weighted by atomic mass is 16.3. The fraction of sp³-hybridized carbons (Fsp3) is 0.200. The van der Waals surface area contributed by atoms with E-state index in [1.54, 1.807) is 12.5 Å². The SMILES string of the molecule is Cc1ccoc1.[H+]. The van der Waals surface area contributed by atoms with Gasteiger partial charge in [0.25, 0.3) is 0 Å². The van der Waals surface area contributed by atoms with E-state index < -0.39 is 0 Å². The maximum Gasteiger partial charge on any atom is 1.00 e. The van der Waals surface area contributed by atoms with Crippen LogP contribution in [0.4, 0.5) is 0 Å². The predicted octanol–water partition coefficient (Wildman–Crippen LogP) is 1.70. The van der Waals surface area contributed by atoms with Gasteiger partial charge in [-0.3, -0.25) is 0 Å². The third-order valence-corrected chi connectivity index (χ3v) is 0.663. The van der Waals surface area contributed by atoms with Crippen molar-refractivity contribution >= 4 is 0 Å². The van der Waals surface area contributed by atoms with Crippen molar-refractivity contribution in [1.29, 1.82) is 0 Å². The molecule has 0 saturated carbocycles. The molecule has 1 heteroatoms. The van der Waals surface area contributed by atoms with Crippen molar-refractivity contribution in [3.8, 4) is 0 Å². The Balaban J connectivity index is 0.000000360. The monoisotopic (exact) mass is 83.0 g/mol. The summed E-state index contributed by atoms with van der Waals surface area (Å²) in [7, 11) is 0. The minimum Gasteiger partial charge on any atom is -0.472 e.